The van der Waals surface area contributed by atoms with Crippen molar-refractivity contribution in [3.05, 3.63) is 40.9 Å². The maximum atomic E-state index is 8.95. The number of aliphatic hydroxyl groups excluding tert-OH is 1. The molecule has 0 aliphatic carbocycles. The van der Waals surface area contributed by atoms with Crippen LogP contribution in [-0.2, 0) is 13.1 Å². The maximum Gasteiger partial charge on any atom is 0.184 e. The lowest BCUT2D eigenvalue weighted by Crippen LogP contribution is -2.22. The van der Waals surface area contributed by atoms with Crippen molar-refractivity contribution in [3.8, 4) is 0 Å². The number of hydrogen-bond donors (Lipinski definition) is 2. The van der Waals surface area contributed by atoms with Gasteiger partial charge in [0.05, 0.1) is 19.5 Å². The van der Waals surface area contributed by atoms with Gasteiger partial charge in [0.2, 0.25) is 0 Å². The van der Waals surface area contributed by atoms with E-state index in [1.54, 1.807) is 16.9 Å². The molecule has 3 aromatic rings. The molecule has 3 heterocycles. The SMILES string of the molecule is N=c1c2nnn(Cc3ccc(Cl)nc3)c2ncn1CCO. The van der Waals surface area contributed by atoms with Crippen LogP contribution in [-0.4, -0.2) is 41.2 Å². The second-order valence-electron chi connectivity index (χ2n) is 4.42. The summed E-state index contributed by atoms with van der Waals surface area (Å²) in [6.07, 6.45) is 3.16. The first kappa shape index (κ1) is 13.7. The van der Waals surface area contributed by atoms with Crippen molar-refractivity contribution in [3.63, 3.8) is 0 Å². The molecule has 0 aliphatic heterocycles. The van der Waals surface area contributed by atoms with E-state index in [1.165, 1.54) is 10.9 Å². The molecule has 0 unspecified atom stereocenters. The zero-order valence-corrected chi connectivity index (χ0v) is 11.7. The molecule has 0 fully saturated rings. The number of pyridine rings is 1. The monoisotopic (exact) mass is 305 g/mol. The van der Waals surface area contributed by atoms with E-state index in [9.17, 15) is 0 Å². The van der Waals surface area contributed by atoms with Gasteiger partial charge in [0.1, 0.15) is 5.15 Å². The fraction of sp³-hybridized carbons (Fsp3) is 0.250. The summed E-state index contributed by atoms with van der Waals surface area (Å²) < 4.78 is 3.12. The molecule has 2 N–H and O–H groups in total. The van der Waals surface area contributed by atoms with Crippen LogP contribution in [0.4, 0.5) is 0 Å². The van der Waals surface area contributed by atoms with Crippen LogP contribution in [0.1, 0.15) is 5.56 Å². The quantitative estimate of drug-likeness (QED) is 0.670. The molecule has 0 atom stereocenters. The van der Waals surface area contributed by atoms with E-state index in [0.29, 0.717) is 29.4 Å². The summed E-state index contributed by atoms with van der Waals surface area (Å²) >= 11 is 5.75. The highest BCUT2D eigenvalue weighted by atomic mass is 35.5. The van der Waals surface area contributed by atoms with Gasteiger partial charge in [0.15, 0.2) is 16.7 Å². The van der Waals surface area contributed by atoms with Crippen molar-refractivity contribution in [1.82, 2.24) is 29.5 Å². The number of halogens is 1. The molecule has 8 nitrogen and oxygen atoms in total. The highest BCUT2D eigenvalue weighted by molar-refractivity contribution is 6.29. The minimum absolute atomic E-state index is 0.0612. The smallest absolute Gasteiger partial charge is 0.184 e. The third-order valence-electron chi connectivity index (χ3n) is 3.00. The second kappa shape index (κ2) is 5.58. The topological polar surface area (TPSA) is 106 Å². The van der Waals surface area contributed by atoms with Crippen molar-refractivity contribution in [1.29, 1.82) is 5.41 Å². The first-order valence-corrected chi connectivity index (χ1v) is 6.61. The molecule has 108 valence electrons. The van der Waals surface area contributed by atoms with E-state index in [4.69, 9.17) is 22.1 Å². The third kappa shape index (κ3) is 2.63. The molecule has 0 spiro atoms. The Morgan fingerprint density at radius 1 is 1.29 bits per heavy atom. The van der Waals surface area contributed by atoms with Gasteiger partial charge in [-0.3, -0.25) is 5.41 Å². The van der Waals surface area contributed by atoms with Crippen molar-refractivity contribution >= 4 is 22.8 Å². The van der Waals surface area contributed by atoms with Crippen molar-refractivity contribution in [2.24, 2.45) is 0 Å². The zero-order valence-electron chi connectivity index (χ0n) is 10.9. The van der Waals surface area contributed by atoms with Crippen LogP contribution in [0.25, 0.3) is 11.2 Å². The minimum Gasteiger partial charge on any atom is -0.395 e. The number of hydrogen-bond acceptors (Lipinski definition) is 6. The Hall–Kier alpha value is -2.32. The van der Waals surface area contributed by atoms with Gasteiger partial charge in [-0.15, -0.1) is 5.10 Å². The average Bonchev–Trinajstić information content (AvgIpc) is 2.88. The predicted molar refractivity (Wildman–Crippen MR) is 74.6 cm³/mol. The fourth-order valence-electron chi connectivity index (χ4n) is 1.96. The summed E-state index contributed by atoms with van der Waals surface area (Å²) in [6.45, 7) is 0.682. The summed E-state index contributed by atoms with van der Waals surface area (Å²) in [5, 5.41) is 25.4. The fourth-order valence-corrected chi connectivity index (χ4v) is 2.08. The lowest BCUT2D eigenvalue weighted by atomic mass is 10.3. The number of nitrogens with zero attached hydrogens (tertiary/aromatic N) is 6. The summed E-state index contributed by atoms with van der Waals surface area (Å²) in [5.41, 5.74) is 2.00. The Labute approximate surface area is 124 Å². The molecular formula is C12H12ClN7O. The maximum absolute atomic E-state index is 8.95. The molecule has 3 rings (SSSR count). The summed E-state index contributed by atoms with van der Waals surface area (Å²) in [4.78, 5) is 8.27. The van der Waals surface area contributed by atoms with E-state index in [1.807, 2.05) is 6.07 Å². The molecule has 0 radical (unpaired) electrons. The number of rotatable bonds is 4. The molecule has 0 aromatic carbocycles. The number of nitrogens with one attached hydrogen (secondary N) is 1. The Bertz CT molecular complexity index is 824. The van der Waals surface area contributed by atoms with Crippen LogP contribution >= 0.6 is 11.6 Å². The molecule has 0 saturated heterocycles. The molecule has 0 saturated carbocycles. The van der Waals surface area contributed by atoms with Crippen LogP contribution in [0.3, 0.4) is 0 Å². The van der Waals surface area contributed by atoms with Gasteiger partial charge >= 0.3 is 0 Å². The molecule has 0 aliphatic rings. The highest BCUT2D eigenvalue weighted by Crippen LogP contribution is 2.09. The van der Waals surface area contributed by atoms with Crippen molar-refractivity contribution in [2.45, 2.75) is 13.1 Å². The number of aromatic nitrogens is 6. The van der Waals surface area contributed by atoms with Crippen molar-refractivity contribution < 1.29 is 5.11 Å². The summed E-state index contributed by atoms with van der Waals surface area (Å²) in [6, 6.07) is 3.55. The average molecular weight is 306 g/mol. The van der Waals surface area contributed by atoms with Crippen LogP contribution in [0, 0.1) is 5.41 Å². The zero-order chi connectivity index (χ0) is 14.8. The predicted octanol–water partition coefficient (Wildman–Crippen LogP) is 0.196. The van der Waals surface area contributed by atoms with Crippen LogP contribution < -0.4 is 5.49 Å². The third-order valence-corrected chi connectivity index (χ3v) is 3.23. The van der Waals surface area contributed by atoms with Crippen LogP contribution in [0.5, 0.6) is 0 Å². The Morgan fingerprint density at radius 3 is 2.86 bits per heavy atom. The lowest BCUT2D eigenvalue weighted by molar-refractivity contribution is 0.273. The summed E-state index contributed by atoms with van der Waals surface area (Å²) in [5.74, 6) is 0. The van der Waals surface area contributed by atoms with Gasteiger partial charge in [-0.05, 0) is 11.6 Å². The number of fused-ring (bicyclic) bond motifs is 1. The van der Waals surface area contributed by atoms with E-state index in [2.05, 4.69) is 20.3 Å². The van der Waals surface area contributed by atoms with Gasteiger partial charge in [-0.2, -0.15) is 0 Å². The largest absolute Gasteiger partial charge is 0.395 e. The van der Waals surface area contributed by atoms with Gasteiger partial charge < -0.3 is 9.67 Å². The Morgan fingerprint density at radius 2 is 2.14 bits per heavy atom. The van der Waals surface area contributed by atoms with Crippen molar-refractivity contribution in [2.75, 3.05) is 6.61 Å². The van der Waals surface area contributed by atoms with Crippen LogP contribution in [0.15, 0.2) is 24.7 Å². The first-order chi connectivity index (χ1) is 10.2. The Kier molecular flexibility index (Phi) is 3.63. The summed E-state index contributed by atoms with van der Waals surface area (Å²) in [7, 11) is 0. The van der Waals surface area contributed by atoms with E-state index >= 15 is 0 Å². The molecule has 0 amide bonds. The van der Waals surface area contributed by atoms with Crippen LogP contribution in [0.2, 0.25) is 5.15 Å². The Balaban J connectivity index is 1.99. The first-order valence-electron chi connectivity index (χ1n) is 6.23. The molecular weight excluding hydrogens is 294 g/mol. The normalized spacial score (nSPS) is 11.1. The lowest BCUT2D eigenvalue weighted by Gasteiger charge is -2.04. The van der Waals surface area contributed by atoms with Gasteiger partial charge in [0, 0.05) is 12.7 Å². The standard InChI is InChI=1S/C12H12ClN7O/c13-9-2-1-8(5-15-9)6-20-12-10(17-18-20)11(14)19(3-4-21)7-16-12/h1-2,5,7,14,21H,3-4,6H2. The van der Waals surface area contributed by atoms with Gasteiger partial charge in [-0.1, -0.05) is 22.9 Å². The number of aliphatic hydroxyl groups is 1. The van der Waals surface area contributed by atoms with Gasteiger partial charge in [-0.25, -0.2) is 14.6 Å². The van der Waals surface area contributed by atoms with Gasteiger partial charge in [0.25, 0.3) is 0 Å². The molecule has 21 heavy (non-hydrogen) atoms. The molecule has 9 heteroatoms. The van der Waals surface area contributed by atoms with E-state index in [0.717, 1.165) is 5.56 Å². The highest BCUT2D eigenvalue weighted by Gasteiger charge is 2.10. The molecule has 0 bridgehead atoms. The molecule has 3 aromatic heterocycles. The minimum atomic E-state index is -0.0612. The van der Waals surface area contributed by atoms with E-state index < -0.39 is 0 Å². The van der Waals surface area contributed by atoms with E-state index in [-0.39, 0.29) is 12.1 Å². The second-order valence-corrected chi connectivity index (χ2v) is 4.81.